The van der Waals surface area contributed by atoms with Crippen LogP contribution in [0.5, 0.6) is 5.75 Å². The number of phenolic OH excluding ortho intramolecular Hbond substituents is 1. The first-order chi connectivity index (χ1) is 6.56. The van der Waals surface area contributed by atoms with Crippen molar-refractivity contribution >= 4 is 22.7 Å². The average molecular weight is 216 g/mol. The number of benzene rings is 1. The molecule has 0 aliphatic heterocycles. The minimum absolute atomic E-state index is 0.0333. The number of carboxylic acids is 1. The van der Waals surface area contributed by atoms with Gasteiger partial charge in [-0.3, -0.25) is 0 Å². The second kappa shape index (κ2) is 3.97. The fourth-order valence-corrected chi connectivity index (χ4v) is 1.04. The molecule has 0 aliphatic carbocycles. The fraction of sp³-hybridized carbons (Fsp3) is 0. The van der Waals surface area contributed by atoms with Crippen LogP contribution < -0.4 is 0 Å². The van der Waals surface area contributed by atoms with E-state index in [2.05, 4.69) is 5.16 Å². The van der Waals surface area contributed by atoms with Gasteiger partial charge in [0.15, 0.2) is 5.17 Å². The van der Waals surface area contributed by atoms with Gasteiger partial charge in [0.2, 0.25) is 0 Å². The molecular formula is C8H6ClNO4. The van der Waals surface area contributed by atoms with Crippen molar-refractivity contribution in [3.8, 4) is 5.75 Å². The van der Waals surface area contributed by atoms with E-state index in [0.29, 0.717) is 0 Å². The summed E-state index contributed by atoms with van der Waals surface area (Å²) in [6.45, 7) is 0. The first-order valence-corrected chi connectivity index (χ1v) is 3.88. The number of carbonyl (C=O) groups is 1. The lowest BCUT2D eigenvalue weighted by Gasteiger charge is -2.02. The standard InChI is InChI=1S/C8H6ClNO4/c9-7(10-14)5-3-4(8(12)13)1-2-6(5)11/h1-3,11,14H,(H,12,13)/b10-7-. The maximum atomic E-state index is 10.5. The molecule has 0 fully saturated rings. The van der Waals surface area contributed by atoms with Gasteiger partial charge in [0.25, 0.3) is 0 Å². The zero-order valence-electron chi connectivity index (χ0n) is 6.81. The molecule has 0 atom stereocenters. The van der Waals surface area contributed by atoms with E-state index in [1.54, 1.807) is 0 Å². The summed E-state index contributed by atoms with van der Waals surface area (Å²) in [5.74, 6) is -1.41. The second-order valence-electron chi connectivity index (χ2n) is 2.43. The number of aromatic hydroxyl groups is 1. The van der Waals surface area contributed by atoms with Gasteiger partial charge in [0.05, 0.1) is 11.1 Å². The molecule has 3 N–H and O–H groups in total. The number of halogens is 1. The molecule has 0 saturated heterocycles. The van der Waals surface area contributed by atoms with E-state index in [-0.39, 0.29) is 22.0 Å². The smallest absolute Gasteiger partial charge is 0.335 e. The fourth-order valence-electron chi connectivity index (χ4n) is 0.888. The summed E-state index contributed by atoms with van der Waals surface area (Å²) in [6, 6.07) is 3.48. The normalized spacial score (nSPS) is 11.4. The summed E-state index contributed by atoms with van der Waals surface area (Å²) in [6.07, 6.45) is 0. The van der Waals surface area contributed by atoms with Gasteiger partial charge in [-0.05, 0) is 18.2 Å². The second-order valence-corrected chi connectivity index (χ2v) is 2.79. The van der Waals surface area contributed by atoms with Gasteiger partial charge >= 0.3 is 5.97 Å². The first-order valence-electron chi connectivity index (χ1n) is 3.50. The molecule has 0 heterocycles. The van der Waals surface area contributed by atoms with E-state index in [9.17, 15) is 9.90 Å². The van der Waals surface area contributed by atoms with Crippen LogP contribution in [0.3, 0.4) is 0 Å². The van der Waals surface area contributed by atoms with E-state index in [4.69, 9.17) is 21.9 Å². The number of hydrogen-bond donors (Lipinski definition) is 3. The van der Waals surface area contributed by atoms with E-state index in [1.165, 1.54) is 6.07 Å². The lowest BCUT2D eigenvalue weighted by Crippen LogP contribution is -1.99. The topological polar surface area (TPSA) is 90.1 Å². The van der Waals surface area contributed by atoms with Crippen molar-refractivity contribution in [1.29, 1.82) is 0 Å². The van der Waals surface area contributed by atoms with Crippen LogP contribution in [0.4, 0.5) is 0 Å². The highest BCUT2D eigenvalue weighted by atomic mass is 35.5. The van der Waals surface area contributed by atoms with Crippen LogP contribution >= 0.6 is 11.6 Å². The monoisotopic (exact) mass is 215 g/mol. The maximum Gasteiger partial charge on any atom is 0.335 e. The highest BCUT2D eigenvalue weighted by Gasteiger charge is 2.11. The number of hydrogen-bond acceptors (Lipinski definition) is 4. The Morgan fingerprint density at radius 2 is 2.07 bits per heavy atom. The van der Waals surface area contributed by atoms with Crippen LogP contribution in [-0.4, -0.2) is 26.6 Å². The van der Waals surface area contributed by atoms with Crippen molar-refractivity contribution in [2.45, 2.75) is 0 Å². The number of oxime groups is 1. The summed E-state index contributed by atoms with van der Waals surface area (Å²) in [4.78, 5) is 10.5. The molecule has 0 aromatic heterocycles. The Bertz CT molecular complexity index is 402. The lowest BCUT2D eigenvalue weighted by molar-refractivity contribution is 0.0697. The Balaban J connectivity index is 3.28. The third-order valence-corrected chi connectivity index (χ3v) is 1.83. The molecule has 0 aliphatic rings. The Morgan fingerprint density at radius 3 is 2.57 bits per heavy atom. The number of nitrogens with zero attached hydrogens (tertiary/aromatic N) is 1. The Labute approximate surface area is 83.9 Å². The summed E-state index contributed by atoms with van der Waals surface area (Å²) < 4.78 is 0. The maximum absolute atomic E-state index is 10.5. The minimum atomic E-state index is -1.16. The third kappa shape index (κ3) is 1.94. The number of rotatable bonds is 2. The van der Waals surface area contributed by atoms with Crippen LogP contribution in [0.2, 0.25) is 0 Å². The first kappa shape index (κ1) is 10.3. The van der Waals surface area contributed by atoms with Gasteiger partial charge in [-0.15, -0.1) is 0 Å². The lowest BCUT2D eigenvalue weighted by atomic mass is 10.1. The summed E-state index contributed by atoms with van der Waals surface area (Å²) in [5.41, 5.74) is -0.0892. The van der Waals surface area contributed by atoms with E-state index in [0.717, 1.165) is 12.1 Å². The van der Waals surface area contributed by atoms with Crippen molar-refractivity contribution in [2.75, 3.05) is 0 Å². The highest BCUT2D eigenvalue weighted by Crippen LogP contribution is 2.20. The summed E-state index contributed by atoms with van der Waals surface area (Å²) in [5, 5.41) is 28.5. The summed E-state index contributed by atoms with van der Waals surface area (Å²) in [7, 11) is 0. The van der Waals surface area contributed by atoms with Crippen LogP contribution in [0.25, 0.3) is 0 Å². The quantitative estimate of drug-likeness (QED) is 0.396. The molecule has 0 unspecified atom stereocenters. The van der Waals surface area contributed by atoms with E-state index in [1.807, 2.05) is 0 Å². The van der Waals surface area contributed by atoms with Crippen molar-refractivity contribution in [1.82, 2.24) is 0 Å². The Morgan fingerprint density at radius 1 is 1.43 bits per heavy atom. The van der Waals surface area contributed by atoms with Gasteiger partial charge in [0.1, 0.15) is 5.75 Å². The molecule has 0 radical (unpaired) electrons. The molecule has 5 nitrogen and oxygen atoms in total. The van der Waals surface area contributed by atoms with Crippen molar-refractivity contribution in [2.24, 2.45) is 5.16 Å². The zero-order chi connectivity index (χ0) is 10.7. The van der Waals surface area contributed by atoms with Crippen molar-refractivity contribution in [3.05, 3.63) is 29.3 Å². The van der Waals surface area contributed by atoms with E-state index >= 15 is 0 Å². The third-order valence-electron chi connectivity index (χ3n) is 1.55. The number of phenols is 1. The largest absolute Gasteiger partial charge is 0.507 e. The predicted molar refractivity (Wildman–Crippen MR) is 49.2 cm³/mol. The Kier molecular flexibility index (Phi) is 2.93. The van der Waals surface area contributed by atoms with Gasteiger partial charge in [-0.2, -0.15) is 0 Å². The molecular weight excluding hydrogens is 210 g/mol. The number of carboxylic acid groups (broad SMARTS) is 1. The van der Waals surface area contributed by atoms with Gasteiger partial charge in [0, 0.05) is 0 Å². The summed E-state index contributed by atoms with van der Waals surface area (Å²) >= 11 is 5.42. The average Bonchev–Trinajstić information content (AvgIpc) is 2.17. The molecule has 0 spiro atoms. The SMILES string of the molecule is O=C(O)c1ccc(O)c(/C(Cl)=N/O)c1. The Hall–Kier alpha value is -1.75. The molecule has 14 heavy (non-hydrogen) atoms. The molecule has 1 aromatic carbocycles. The molecule has 0 amide bonds. The van der Waals surface area contributed by atoms with E-state index < -0.39 is 5.97 Å². The number of aromatic carboxylic acids is 1. The van der Waals surface area contributed by atoms with Crippen molar-refractivity contribution in [3.63, 3.8) is 0 Å². The molecule has 0 saturated carbocycles. The van der Waals surface area contributed by atoms with Crippen LogP contribution in [-0.2, 0) is 0 Å². The molecule has 1 rings (SSSR count). The van der Waals surface area contributed by atoms with Gasteiger partial charge < -0.3 is 15.4 Å². The van der Waals surface area contributed by atoms with Gasteiger partial charge in [-0.25, -0.2) is 4.79 Å². The van der Waals surface area contributed by atoms with Crippen LogP contribution in [0.1, 0.15) is 15.9 Å². The minimum Gasteiger partial charge on any atom is -0.507 e. The van der Waals surface area contributed by atoms with Crippen LogP contribution in [0, 0.1) is 0 Å². The van der Waals surface area contributed by atoms with Gasteiger partial charge in [-0.1, -0.05) is 16.8 Å². The predicted octanol–water partition coefficient (Wildman–Crippen LogP) is 1.46. The molecule has 6 heteroatoms. The zero-order valence-corrected chi connectivity index (χ0v) is 7.56. The van der Waals surface area contributed by atoms with Crippen LogP contribution in [0.15, 0.2) is 23.4 Å². The molecule has 0 bridgehead atoms. The van der Waals surface area contributed by atoms with Crippen molar-refractivity contribution < 1.29 is 20.2 Å². The molecule has 1 aromatic rings. The highest BCUT2D eigenvalue weighted by molar-refractivity contribution is 6.69. The molecule has 74 valence electrons.